The Hall–Kier alpha value is -2.96. The molecule has 1 saturated heterocycles. The fourth-order valence-corrected chi connectivity index (χ4v) is 3.19. The van der Waals surface area contributed by atoms with Crippen LogP contribution >= 0.6 is 0 Å². The smallest absolute Gasteiger partial charge is 0.303 e. The largest absolute Gasteiger partial charge is 0.481 e. The maximum absolute atomic E-state index is 12.7. The quantitative estimate of drug-likeness (QED) is 0.851. The van der Waals surface area contributed by atoms with E-state index in [1.165, 1.54) is 0 Å². The van der Waals surface area contributed by atoms with E-state index in [-0.39, 0.29) is 24.7 Å². The highest BCUT2D eigenvalue weighted by Gasteiger charge is 2.26. The maximum Gasteiger partial charge on any atom is 0.303 e. The van der Waals surface area contributed by atoms with Crippen molar-refractivity contribution in [3.05, 3.63) is 54.4 Å². The molecule has 0 spiro atoms. The predicted molar refractivity (Wildman–Crippen MR) is 96.9 cm³/mol. The average molecular weight is 354 g/mol. The second-order valence-corrected chi connectivity index (χ2v) is 6.33. The molecule has 1 aliphatic rings. The lowest BCUT2D eigenvalue weighted by Gasteiger charge is -2.35. The van der Waals surface area contributed by atoms with Gasteiger partial charge >= 0.3 is 5.97 Å². The van der Waals surface area contributed by atoms with E-state index in [1.54, 1.807) is 23.4 Å². The molecular formula is C19H22N4O3. The van der Waals surface area contributed by atoms with Gasteiger partial charge in [0.15, 0.2) is 0 Å². The summed E-state index contributed by atoms with van der Waals surface area (Å²) in [6.07, 6.45) is 3.57. The van der Waals surface area contributed by atoms with Crippen LogP contribution in [0.3, 0.4) is 0 Å². The zero-order valence-corrected chi connectivity index (χ0v) is 14.5. The van der Waals surface area contributed by atoms with Crippen molar-refractivity contribution < 1.29 is 14.7 Å². The number of aromatic nitrogens is 2. The lowest BCUT2D eigenvalue weighted by molar-refractivity contribution is -0.138. The van der Waals surface area contributed by atoms with Gasteiger partial charge in [0, 0.05) is 50.9 Å². The molecular weight excluding hydrogens is 332 g/mol. The minimum Gasteiger partial charge on any atom is -0.481 e. The topological polar surface area (TPSA) is 86.6 Å². The molecule has 136 valence electrons. The number of benzene rings is 1. The Morgan fingerprint density at radius 2 is 1.62 bits per heavy atom. The number of carboxylic acid groups (broad SMARTS) is 1. The first-order valence-corrected chi connectivity index (χ1v) is 8.70. The second-order valence-electron chi connectivity index (χ2n) is 6.33. The van der Waals surface area contributed by atoms with Crippen molar-refractivity contribution in [3.63, 3.8) is 0 Å². The molecule has 0 radical (unpaired) electrons. The number of hydrogen-bond acceptors (Lipinski definition) is 5. The summed E-state index contributed by atoms with van der Waals surface area (Å²) in [5.74, 6) is -0.532. The number of piperazine rings is 1. The maximum atomic E-state index is 12.7. The van der Waals surface area contributed by atoms with Crippen molar-refractivity contribution in [3.8, 4) is 0 Å². The van der Waals surface area contributed by atoms with Gasteiger partial charge in [-0.15, -0.1) is 0 Å². The first kappa shape index (κ1) is 17.8. The molecule has 1 N–H and O–H groups in total. The van der Waals surface area contributed by atoms with Crippen molar-refractivity contribution in [1.82, 2.24) is 14.9 Å². The molecule has 3 rings (SSSR count). The molecule has 0 saturated carbocycles. The molecule has 7 heteroatoms. The second kappa shape index (κ2) is 8.42. The Balaban J connectivity index is 1.59. The summed E-state index contributed by atoms with van der Waals surface area (Å²) < 4.78 is 0. The van der Waals surface area contributed by atoms with Crippen LogP contribution in [0.15, 0.2) is 48.8 Å². The summed E-state index contributed by atoms with van der Waals surface area (Å²) in [6.45, 7) is 2.52. The van der Waals surface area contributed by atoms with E-state index < -0.39 is 5.97 Å². The van der Waals surface area contributed by atoms with Crippen molar-refractivity contribution in [2.75, 3.05) is 31.1 Å². The summed E-state index contributed by atoms with van der Waals surface area (Å²) in [6, 6.07) is 11.2. The fraction of sp³-hybridized carbons (Fsp3) is 0.368. The molecule has 2 heterocycles. The van der Waals surface area contributed by atoms with Crippen LogP contribution in [-0.2, 0) is 9.59 Å². The third-order valence-electron chi connectivity index (χ3n) is 4.58. The molecule has 1 atom stereocenters. The number of rotatable bonds is 6. The predicted octanol–water partition coefficient (Wildman–Crippen LogP) is 1.77. The van der Waals surface area contributed by atoms with Gasteiger partial charge in [-0.1, -0.05) is 30.3 Å². The Kier molecular flexibility index (Phi) is 5.78. The van der Waals surface area contributed by atoms with Gasteiger partial charge in [0.1, 0.15) is 0 Å². The number of hydrogen-bond donors (Lipinski definition) is 1. The molecule has 1 fully saturated rings. The Morgan fingerprint density at radius 1 is 0.962 bits per heavy atom. The Morgan fingerprint density at radius 3 is 2.23 bits per heavy atom. The van der Waals surface area contributed by atoms with Crippen molar-refractivity contribution in [2.24, 2.45) is 0 Å². The molecule has 7 nitrogen and oxygen atoms in total. The van der Waals surface area contributed by atoms with Gasteiger partial charge in [-0.05, 0) is 11.6 Å². The van der Waals surface area contributed by atoms with Crippen LogP contribution in [0.2, 0.25) is 0 Å². The Bertz CT molecular complexity index is 731. The van der Waals surface area contributed by atoms with E-state index in [2.05, 4.69) is 14.9 Å². The molecule has 0 bridgehead atoms. The third kappa shape index (κ3) is 4.56. The van der Waals surface area contributed by atoms with Gasteiger partial charge in [-0.3, -0.25) is 9.59 Å². The highest BCUT2D eigenvalue weighted by molar-refractivity contribution is 5.79. The summed E-state index contributed by atoms with van der Waals surface area (Å²) in [5, 5.41) is 9.18. The van der Waals surface area contributed by atoms with E-state index >= 15 is 0 Å². The number of anilines is 1. The van der Waals surface area contributed by atoms with Crippen LogP contribution in [0.4, 0.5) is 5.95 Å². The minimum atomic E-state index is -0.891. The van der Waals surface area contributed by atoms with Crippen LogP contribution in [0.25, 0.3) is 0 Å². The van der Waals surface area contributed by atoms with Crippen LogP contribution < -0.4 is 4.90 Å². The average Bonchev–Trinajstić information content (AvgIpc) is 2.68. The van der Waals surface area contributed by atoms with Crippen LogP contribution in [0.1, 0.15) is 24.3 Å². The molecule has 1 aromatic heterocycles. The molecule has 1 amide bonds. The normalized spacial score (nSPS) is 15.5. The summed E-state index contributed by atoms with van der Waals surface area (Å²) in [7, 11) is 0. The van der Waals surface area contributed by atoms with Gasteiger partial charge in [-0.2, -0.15) is 0 Å². The molecule has 2 aromatic rings. The summed E-state index contributed by atoms with van der Waals surface area (Å²) in [4.78, 5) is 36.2. The van der Waals surface area contributed by atoms with Crippen molar-refractivity contribution in [1.29, 1.82) is 0 Å². The van der Waals surface area contributed by atoms with Crippen molar-refractivity contribution >= 4 is 17.8 Å². The van der Waals surface area contributed by atoms with E-state index in [9.17, 15) is 14.7 Å². The molecule has 0 unspecified atom stereocenters. The summed E-state index contributed by atoms with van der Waals surface area (Å²) in [5.41, 5.74) is 0.888. The Labute approximate surface area is 152 Å². The summed E-state index contributed by atoms with van der Waals surface area (Å²) >= 11 is 0. The molecule has 1 aliphatic heterocycles. The van der Waals surface area contributed by atoms with Gasteiger partial charge < -0.3 is 14.9 Å². The lowest BCUT2D eigenvalue weighted by Crippen LogP contribution is -2.49. The van der Waals surface area contributed by atoms with E-state index in [0.717, 1.165) is 5.56 Å². The SMILES string of the molecule is O=C(O)C[C@H](CC(=O)N1CCN(c2ncccn2)CC1)c1ccccc1. The number of nitrogens with zero attached hydrogens (tertiary/aromatic N) is 4. The molecule has 0 aliphatic carbocycles. The van der Waals surface area contributed by atoms with Gasteiger partial charge in [0.05, 0.1) is 6.42 Å². The third-order valence-corrected chi connectivity index (χ3v) is 4.58. The monoisotopic (exact) mass is 354 g/mol. The number of carboxylic acids is 1. The van der Waals surface area contributed by atoms with Crippen molar-refractivity contribution in [2.45, 2.75) is 18.8 Å². The highest BCUT2D eigenvalue weighted by Crippen LogP contribution is 2.25. The number of aliphatic carboxylic acids is 1. The fourth-order valence-electron chi connectivity index (χ4n) is 3.19. The number of carbonyl (C=O) groups is 2. The number of carbonyl (C=O) groups excluding carboxylic acids is 1. The standard InChI is InChI=1S/C19H22N4O3/c24-17(13-16(14-18(25)26)15-5-2-1-3-6-15)22-9-11-23(12-10-22)19-20-7-4-8-21-19/h1-8,16H,9-14H2,(H,25,26)/t16-/m0/s1. The van der Waals surface area contributed by atoms with Gasteiger partial charge in [-0.25, -0.2) is 9.97 Å². The van der Waals surface area contributed by atoms with E-state index in [1.807, 2.05) is 30.3 Å². The lowest BCUT2D eigenvalue weighted by atomic mass is 9.92. The zero-order chi connectivity index (χ0) is 18.4. The first-order valence-electron chi connectivity index (χ1n) is 8.70. The van der Waals surface area contributed by atoms with E-state index in [4.69, 9.17) is 0 Å². The van der Waals surface area contributed by atoms with Crippen LogP contribution in [0, 0.1) is 0 Å². The van der Waals surface area contributed by atoms with Crippen LogP contribution in [-0.4, -0.2) is 58.0 Å². The zero-order valence-electron chi connectivity index (χ0n) is 14.5. The van der Waals surface area contributed by atoms with Crippen LogP contribution in [0.5, 0.6) is 0 Å². The highest BCUT2D eigenvalue weighted by atomic mass is 16.4. The van der Waals surface area contributed by atoms with Gasteiger partial charge in [0.25, 0.3) is 0 Å². The first-order chi connectivity index (χ1) is 12.6. The minimum absolute atomic E-state index is 0.00580. The van der Waals surface area contributed by atoms with E-state index in [0.29, 0.717) is 32.1 Å². The molecule has 26 heavy (non-hydrogen) atoms. The van der Waals surface area contributed by atoms with Gasteiger partial charge in [0.2, 0.25) is 11.9 Å². The number of amides is 1. The molecule has 1 aromatic carbocycles.